The van der Waals surface area contributed by atoms with E-state index in [9.17, 15) is 0 Å². The van der Waals surface area contributed by atoms with E-state index in [4.69, 9.17) is 14.7 Å². The van der Waals surface area contributed by atoms with Gasteiger partial charge in [-0.3, -0.25) is 0 Å². The third-order valence-electron chi connectivity index (χ3n) is 4.92. The van der Waals surface area contributed by atoms with Gasteiger partial charge in [-0.25, -0.2) is 4.98 Å². The zero-order valence-corrected chi connectivity index (χ0v) is 18.1. The van der Waals surface area contributed by atoms with Gasteiger partial charge in [0, 0.05) is 33.6 Å². The molecule has 0 spiro atoms. The van der Waals surface area contributed by atoms with Crippen LogP contribution >= 0.6 is 11.3 Å². The molecule has 2 aromatic heterocycles. The molecule has 0 bridgehead atoms. The first kappa shape index (κ1) is 19.8. The number of aromatic nitrogens is 2. The van der Waals surface area contributed by atoms with Crippen LogP contribution in [0, 0.1) is 0 Å². The van der Waals surface area contributed by atoms with Crippen LogP contribution in [0.15, 0.2) is 106 Å². The monoisotopic (exact) mass is 437 g/mol. The van der Waals surface area contributed by atoms with E-state index in [1.165, 1.54) is 11.3 Å². The largest absolute Gasteiger partial charge is 0.497 e. The first-order chi connectivity index (χ1) is 15.8. The molecule has 0 amide bonds. The van der Waals surface area contributed by atoms with Gasteiger partial charge in [-0.2, -0.15) is 4.99 Å². The molecular formula is C25H19N5OS. The molecule has 1 N–H and O–H groups in total. The van der Waals surface area contributed by atoms with E-state index < -0.39 is 0 Å². The van der Waals surface area contributed by atoms with Crippen molar-refractivity contribution in [1.29, 1.82) is 0 Å². The lowest BCUT2D eigenvalue weighted by Crippen LogP contribution is -1.96. The Hall–Kier alpha value is -4.10. The van der Waals surface area contributed by atoms with Crippen LogP contribution in [0.4, 0.5) is 10.8 Å². The van der Waals surface area contributed by atoms with Crippen LogP contribution in [0.1, 0.15) is 5.56 Å². The topological polar surface area (TPSA) is 75.0 Å². The van der Waals surface area contributed by atoms with Gasteiger partial charge < -0.3 is 9.72 Å². The van der Waals surface area contributed by atoms with Crippen molar-refractivity contribution in [2.75, 3.05) is 7.11 Å². The Kier molecular flexibility index (Phi) is 5.55. The summed E-state index contributed by atoms with van der Waals surface area (Å²) in [6.45, 7) is 0. The zero-order valence-electron chi connectivity index (χ0n) is 17.3. The SMILES string of the molecule is COc1ccc(/C(N=Nc2ccccc2)=N\c2nc(-c3c[nH]c4ccccc34)cs2)cc1. The minimum Gasteiger partial charge on any atom is -0.497 e. The van der Waals surface area contributed by atoms with E-state index in [1.54, 1.807) is 7.11 Å². The molecule has 0 aliphatic carbocycles. The number of azo groups is 1. The summed E-state index contributed by atoms with van der Waals surface area (Å²) in [4.78, 5) is 12.8. The van der Waals surface area contributed by atoms with Crippen molar-refractivity contribution in [3.63, 3.8) is 0 Å². The molecular weight excluding hydrogens is 418 g/mol. The minimum atomic E-state index is 0.483. The number of nitrogens with zero attached hydrogens (tertiary/aromatic N) is 4. The third kappa shape index (κ3) is 4.19. The van der Waals surface area contributed by atoms with E-state index in [2.05, 4.69) is 27.3 Å². The van der Waals surface area contributed by atoms with Crippen molar-refractivity contribution in [2.24, 2.45) is 15.2 Å². The number of rotatable bonds is 5. The second-order valence-corrected chi connectivity index (χ2v) is 7.80. The normalized spacial score (nSPS) is 12.0. The highest BCUT2D eigenvalue weighted by Crippen LogP contribution is 2.32. The molecule has 3 aromatic carbocycles. The summed E-state index contributed by atoms with van der Waals surface area (Å²) in [5.41, 5.74) is 4.59. The van der Waals surface area contributed by atoms with Crippen LogP contribution in [-0.2, 0) is 0 Å². The maximum atomic E-state index is 5.27. The molecule has 0 atom stereocenters. The number of hydrogen-bond acceptors (Lipinski definition) is 5. The van der Waals surface area contributed by atoms with Crippen LogP contribution in [-0.4, -0.2) is 22.9 Å². The quantitative estimate of drug-likeness (QED) is 0.180. The molecule has 0 aliphatic rings. The third-order valence-corrected chi connectivity index (χ3v) is 5.66. The van der Waals surface area contributed by atoms with Gasteiger partial charge in [0.2, 0.25) is 5.13 Å². The average molecular weight is 438 g/mol. The summed E-state index contributed by atoms with van der Waals surface area (Å²) < 4.78 is 5.27. The van der Waals surface area contributed by atoms with Crippen molar-refractivity contribution < 1.29 is 4.74 Å². The molecule has 5 rings (SSSR count). The Morgan fingerprint density at radius 2 is 1.72 bits per heavy atom. The molecule has 6 nitrogen and oxygen atoms in total. The van der Waals surface area contributed by atoms with Crippen molar-refractivity contribution in [3.8, 4) is 17.0 Å². The van der Waals surface area contributed by atoms with Crippen LogP contribution < -0.4 is 4.74 Å². The fourth-order valence-electron chi connectivity index (χ4n) is 3.30. The van der Waals surface area contributed by atoms with Crippen LogP contribution in [0.3, 0.4) is 0 Å². The Morgan fingerprint density at radius 1 is 0.938 bits per heavy atom. The molecule has 7 heteroatoms. The Bertz CT molecular complexity index is 1400. The summed E-state index contributed by atoms with van der Waals surface area (Å²) in [5.74, 6) is 1.25. The lowest BCUT2D eigenvalue weighted by molar-refractivity contribution is 0.415. The first-order valence-electron chi connectivity index (χ1n) is 10.0. The van der Waals surface area contributed by atoms with Crippen LogP contribution in [0.2, 0.25) is 0 Å². The van der Waals surface area contributed by atoms with Gasteiger partial charge in [-0.15, -0.1) is 21.6 Å². The summed E-state index contributed by atoms with van der Waals surface area (Å²) >= 11 is 1.47. The molecule has 0 unspecified atom stereocenters. The highest BCUT2D eigenvalue weighted by atomic mass is 32.1. The highest BCUT2D eigenvalue weighted by molar-refractivity contribution is 7.13. The lowest BCUT2D eigenvalue weighted by atomic mass is 10.1. The van der Waals surface area contributed by atoms with Gasteiger partial charge >= 0.3 is 0 Å². The number of H-pyrrole nitrogens is 1. The van der Waals surface area contributed by atoms with Crippen LogP contribution in [0.5, 0.6) is 5.75 Å². The number of benzene rings is 3. The van der Waals surface area contributed by atoms with Gasteiger partial charge in [0.1, 0.15) is 5.75 Å². The lowest BCUT2D eigenvalue weighted by Gasteiger charge is -2.02. The van der Waals surface area contributed by atoms with Gasteiger partial charge in [-0.1, -0.05) is 36.4 Å². The number of aliphatic imine (C=N–C) groups is 1. The maximum Gasteiger partial charge on any atom is 0.211 e. The predicted molar refractivity (Wildman–Crippen MR) is 130 cm³/mol. The molecule has 0 saturated heterocycles. The Labute approximate surface area is 189 Å². The van der Waals surface area contributed by atoms with Crippen LogP contribution in [0.25, 0.3) is 22.2 Å². The first-order valence-corrected chi connectivity index (χ1v) is 10.9. The van der Waals surface area contributed by atoms with Gasteiger partial charge in [0.15, 0.2) is 5.84 Å². The standard InChI is InChI=1S/C25H19N5OS/c1-31-19-13-11-17(12-14-19)24(30-29-18-7-3-2-4-8-18)28-25-27-23(16-32-25)21-15-26-22-10-6-5-9-20(21)22/h2-16,26H,1H3/b28-24+,30-29?. The molecule has 5 aromatic rings. The number of para-hydroxylation sites is 1. The second-order valence-electron chi connectivity index (χ2n) is 6.96. The number of amidine groups is 1. The smallest absolute Gasteiger partial charge is 0.211 e. The van der Waals surface area contributed by atoms with E-state index >= 15 is 0 Å². The molecule has 0 saturated carbocycles. The molecule has 32 heavy (non-hydrogen) atoms. The maximum absolute atomic E-state index is 5.27. The minimum absolute atomic E-state index is 0.483. The summed E-state index contributed by atoms with van der Waals surface area (Å²) in [6, 6.07) is 25.3. The predicted octanol–water partition coefficient (Wildman–Crippen LogP) is 7.16. The zero-order chi connectivity index (χ0) is 21.8. The summed E-state index contributed by atoms with van der Waals surface area (Å²) in [5, 5.41) is 12.5. The molecule has 0 aliphatic heterocycles. The molecule has 2 heterocycles. The van der Waals surface area contributed by atoms with Crippen molar-refractivity contribution in [2.45, 2.75) is 0 Å². The van der Waals surface area contributed by atoms with Gasteiger partial charge in [-0.05, 0) is 42.5 Å². The molecule has 156 valence electrons. The van der Waals surface area contributed by atoms with E-state index in [1.807, 2.05) is 78.3 Å². The Morgan fingerprint density at radius 3 is 2.53 bits per heavy atom. The average Bonchev–Trinajstić information content (AvgIpc) is 3.49. The van der Waals surface area contributed by atoms with E-state index in [0.29, 0.717) is 11.0 Å². The van der Waals surface area contributed by atoms with E-state index in [-0.39, 0.29) is 0 Å². The number of fused-ring (bicyclic) bond motifs is 1. The summed E-state index contributed by atoms with van der Waals surface area (Å²) in [7, 11) is 1.64. The summed E-state index contributed by atoms with van der Waals surface area (Å²) in [6.07, 6.45) is 1.98. The molecule has 0 fully saturated rings. The second kappa shape index (κ2) is 8.95. The molecule has 0 radical (unpaired) electrons. The number of aromatic amines is 1. The van der Waals surface area contributed by atoms with Gasteiger partial charge in [0.25, 0.3) is 0 Å². The van der Waals surface area contributed by atoms with Crippen molar-refractivity contribution >= 4 is 38.9 Å². The van der Waals surface area contributed by atoms with Crippen molar-refractivity contribution in [1.82, 2.24) is 9.97 Å². The number of hydrogen-bond donors (Lipinski definition) is 1. The van der Waals surface area contributed by atoms with Crippen molar-refractivity contribution in [3.05, 3.63) is 96.0 Å². The van der Waals surface area contributed by atoms with Gasteiger partial charge in [0.05, 0.1) is 18.5 Å². The Balaban J connectivity index is 1.52. The number of thiazole rings is 1. The highest BCUT2D eigenvalue weighted by Gasteiger charge is 2.11. The number of nitrogens with one attached hydrogen (secondary N) is 1. The number of methoxy groups -OCH3 is 1. The van der Waals surface area contributed by atoms with E-state index in [0.717, 1.165) is 39.2 Å². The number of ether oxygens (including phenoxy) is 1. The fraction of sp³-hybridized carbons (Fsp3) is 0.0400. The fourth-order valence-corrected chi connectivity index (χ4v) is 3.98.